The Morgan fingerprint density at radius 2 is 0.871 bits per heavy atom. The lowest BCUT2D eigenvalue weighted by atomic mass is 10.2. The molecule has 0 aliphatic heterocycles. The van der Waals surface area contributed by atoms with Gasteiger partial charge in [0.1, 0.15) is 0 Å². The number of rotatable bonds is 10. The Labute approximate surface area is 161 Å². The van der Waals surface area contributed by atoms with Crippen LogP contribution in [0.2, 0.25) is 0 Å². The fourth-order valence-corrected chi connectivity index (χ4v) is 1.30. The molecule has 0 rings (SSSR count). The van der Waals surface area contributed by atoms with Gasteiger partial charge in [0.15, 0.2) is 0 Å². The summed E-state index contributed by atoms with van der Waals surface area (Å²) in [6.45, 7) is -2.14. The number of aliphatic carboxylic acids is 1. The summed E-state index contributed by atoms with van der Waals surface area (Å²) in [7, 11) is 0. The minimum atomic E-state index is -7.31. The molecular formula is C12H10F14O5. The van der Waals surface area contributed by atoms with Crippen molar-refractivity contribution in [2.45, 2.75) is 68.8 Å². The first-order valence-corrected chi connectivity index (χ1v) is 7.05. The third-order valence-electron chi connectivity index (χ3n) is 3.10. The Bertz CT molecular complexity index is 669. The predicted octanol–water partition coefficient (Wildman–Crippen LogP) is 5.15. The molecule has 0 saturated heterocycles. The highest BCUT2D eigenvalue weighted by Crippen LogP contribution is 2.52. The van der Waals surface area contributed by atoms with E-state index in [1.54, 1.807) is 0 Å². The number of carboxylic acid groups (broad SMARTS) is 1. The van der Waals surface area contributed by atoms with Crippen molar-refractivity contribution in [3.63, 3.8) is 0 Å². The molecule has 0 amide bonds. The number of carboxylic acids is 1. The van der Waals surface area contributed by atoms with E-state index < -0.39 is 67.8 Å². The summed E-state index contributed by atoms with van der Waals surface area (Å²) in [5.41, 5.74) is 0. The zero-order valence-electron chi connectivity index (χ0n) is 14.9. The zero-order valence-corrected chi connectivity index (χ0v) is 14.9. The number of alkyl halides is 14. The number of ether oxygens (including phenoxy) is 3. The maximum atomic E-state index is 13.9. The SMILES string of the molecule is CC(F)(OC(F)(F)C(C)(F)OC(F)(F)C(C)(F)OC(F)(F)C(F)(F)C(F)(F)F)C(=O)O. The van der Waals surface area contributed by atoms with E-state index in [1.807, 2.05) is 0 Å². The molecule has 186 valence electrons. The van der Waals surface area contributed by atoms with Crippen LogP contribution < -0.4 is 0 Å². The molecule has 0 saturated carbocycles. The van der Waals surface area contributed by atoms with Crippen LogP contribution in [-0.2, 0) is 19.0 Å². The number of hydrogen-bond acceptors (Lipinski definition) is 4. The highest BCUT2D eigenvalue weighted by Gasteiger charge is 2.78. The summed E-state index contributed by atoms with van der Waals surface area (Å²) in [5, 5.41) is 8.23. The van der Waals surface area contributed by atoms with Gasteiger partial charge in [-0.05, 0) is 0 Å². The maximum Gasteiger partial charge on any atom is 0.462 e. The molecule has 0 aromatic heterocycles. The summed E-state index contributed by atoms with van der Waals surface area (Å²) in [6.07, 6.45) is -26.9. The van der Waals surface area contributed by atoms with Gasteiger partial charge in [-0.25, -0.2) is 13.6 Å². The van der Waals surface area contributed by atoms with E-state index in [9.17, 15) is 66.3 Å². The largest absolute Gasteiger partial charge is 0.477 e. The monoisotopic (exact) mass is 500 g/mol. The van der Waals surface area contributed by atoms with Gasteiger partial charge in [-0.1, -0.05) is 0 Å². The molecule has 0 heterocycles. The van der Waals surface area contributed by atoms with E-state index in [1.165, 1.54) is 0 Å². The molecule has 0 spiro atoms. The van der Waals surface area contributed by atoms with Crippen LogP contribution >= 0.6 is 0 Å². The summed E-state index contributed by atoms with van der Waals surface area (Å²) in [5.74, 6) is -26.1. The zero-order chi connectivity index (χ0) is 25.7. The van der Waals surface area contributed by atoms with E-state index in [2.05, 4.69) is 14.2 Å². The standard InChI is InChI=1S/C12H10F14O5/c1-5(13,4(27)28)29-10(21,22)6(2,14)30-11(23,24)7(3,15)31-12(25,26)8(16,17)9(18,19)20/h1-3H3,(H,27,28). The second-order valence-corrected chi connectivity index (χ2v) is 5.98. The van der Waals surface area contributed by atoms with Gasteiger partial charge in [0, 0.05) is 20.8 Å². The van der Waals surface area contributed by atoms with Gasteiger partial charge in [0.25, 0.3) is 0 Å². The minimum Gasteiger partial charge on any atom is -0.477 e. The first kappa shape index (κ1) is 29.4. The molecule has 0 aromatic rings. The van der Waals surface area contributed by atoms with Crippen LogP contribution in [0.3, 0.4) is 0 Å². The quantitative estimate of drug-likeness (QED) is 0.421. The Morgan fingerprint density at radius 3 is 1.16 bits per heavy atom. The second kappa shape index (κ2) is 7.75. The van der Waals surface area contributed by atoms with Crippen LogP contribution in [-0.4, -0.2) is 59.1 Å². The van der Waals surface area contributed by atoms with Gasteiger partial charge >= 0.3 is 54.0 Å². The minimum absolute atomic E-state index is 0.306. The molecule has 0 aliphatic rings. The van der Waals surface area contributed by atoms with E-state index >= 15 is 0 Å². The molecule has 0 aromatic carbocycles. The Morgan fingerprint density at radius 1 is 0.581 bits per heavy atom. The van der Waals surface area contributed by atoms with Crippen LogP contribution in [0.5, 0.6) is 0 Å². The van der Waals surface area contributed by atoms with E-state index in [-0.39, 0.29) is 6.92 Å². The van der Waals surface area contributed by atoms with Crippen LogP contribution in [0.1, 0.15) is 20.8 Å². The van der Waals surface area contributed by atoms with E-state index in [0.717, 1.165) is 0 Å². The van der Waals surface area contributed by atoms with E-state index in [0.29, 0.717) is 0 Å². The van der Waals surface area contributed by atoms with Crippen molar-refractivity contribution in [3.8, 4) is 0 Å². The van der Waals surface area contributed by atoms with Crippen LogP contribution in [0.15, 0.2) is 0 Å². The molecule has 3 unspecified atom stereocenters. The van der Waals surface area contributed by atoms with Gasteiger partial charge in [0.05, 0.1) is 0 Å². The molecule has 3 atom stereocenters. The van der Waals surface area contributed by atoms with Gasteiger partial charge in [-0.3, -0.25) is 14.2 Å². The fraction of sp³-hybridized carbons (Fsp3) is 0.917. The van der Waals surface area contributed by atoms with Crippen LogP contribution in [0, 0.1) is 0 Å². The molecule has 0 aliphatic carbocycles. The highest BCUT2D eigenvalue weighted by atomic mass is 19.4. The lowest BCUT2D eigenvalue weighted by Crippen LogP contribution is -2.62. The predicted molar refractivity (Wildman–Crippen MR) is 65.3 cm³/mol. The lowest BCUT2D eigenvalue weighted by Gasteiger charge is -2.39. The van der Waals surface area contributed by atoms with Crippen molar-refractivity contribution in [2.24, 2.45) is 0 Å². The molecular weight excluding hydrogens is 490 g/mol. The van der Waals surface area contributed by atoms with Gasteiger partial charge in [-0.15, -0.1) is 0 Å². The van der Waals surface area contributed by atoms with E-state index in [4.69, 9.17) is 5.11 Å². The third-order valence-corrected chi connectivity index (χ3v) is 3.10. The van der Waals surface area contributed by atoms with Crippen molar-refractivity contribution in [1.29, 1.82) is 0 Å². The van der Waals surface area contributed by atoms with Crippen molar-refractivity contribution in [3.05, 3.63) is 0 Å². The van der Waals surface area contributed by atoms with Crippen LogP contribution in [0.4, 0.5) is 61.5 Å². The van der Waals surface area contributed by atoms with Crippen molar-refractivity contribution in [1.82, 2.24) is 0 Å². The summed E-state index contributed by atoms with van der Waals surface area (Å²) >= 11 is 0. The van der Waals surface area contributed by atoms with Crippen molar-refractivity contribution >= 4 is 5.97 Å². The fourth-order valence-electron chi connectivity index (χ4n) is 1.30. The summed E-state index contributed by atoms with van der Waals surface area (Å²) in [6, 6.07) is 0. The second-order valence-electron chi connectivity index (χ2n) is 5.98. The molecule has 0 fully saturated rings. The van der Waals surface area contributed by atoms with Crippen molar-refractivity contribution < 1.29 is 85.6 Å². The Balaban J connectivity index is 5.92. The molecule has 19 heteroatoms. The lowest BCUT2D eigenvalue weighted by molar-refractivity contribution is -0.520. The van der Waals surface area contributed by atoms with Gasteiger partial charge < -0.3 is 5.11 Å². The molecule has 31 heavy (non-hydrogen) atoms. The molecule has 1 N–H and O–H groups in total. The topological polar surface area (TPSA) is 65.0 Å². The first-order valence-electron chi connectivity index (χ1n) is 7.05. The Hall–Kier alpha value is -1.63. The normalized spacial score (nSPS) is 20.5. The smallest absolute Gasteiger partial charge is 0.462 e. The average Bonchev–Trinajstić information content (AvgIpc) is 2.41. The maximum absolute atomic E-state index is 13.9. The van der Waals surface area contributed by atoms with Crippen molar-refractivity contribution in [2.75, 3.05) is 0 Å². The van der Waals surface area contributed by atoms with Gasteiger partial charge in [0.2, 0.25) is 0 Å². The Kier molecular flexibility index (Phi) is 7.34. The summed E-state index contributed by atoms with van der Waals surface area (Å²) < 4.78 is 190. The first-order chi connectivity index (χ1) is 13.1. The number of hydrogen-bond donors (Lipinski definition) is 1. The highest BCUT2D eigenvalue weighted by molar-refractivity contribution is 5.74. The third kappa shape index (κ3) is 5.79. The van der Waals surface area contributed by atoms with Crippen LogP contribution in [0.25, 0.3) is 0 Å². The molecule has 0 bridgehead atoms. The summed E-state index contributed by atoms with van der Waals surface area (Å²) in [4.78, 5) is 10.3. The molecule has 5 nitrogen and oxygen atoms in total. The average molecular weight is 500 g/mol. The molecule has 0 radical (unpaired) electrons. The van der Waals surface area contributed by atoms with Gasteiger partial charge in [-0.2, -0.15) is 52.7 Å². The number of carbonyl (C=O) groups is 1. The number of halogens is 14.